The van der Waals surface area contributed by atoms with E-state index in [-0.39, 0.29) is 160 Å². The van der Waals surface area contributed by atoms with Crippen molar-refractivity contribution in [2.45, 2.75) is 376 Å². The van der Waals surface area contributed by atoms with Gasteiger partial charge < -0.3 is 78.0 Å². The second-order valence-electron chi connectivity index (χ2n) is 33.9. The summed E-state index contributed by atoms with van der Waals surface area (Å²) in [6, 6.07) is 0. The maximum absolute atomic E-state index is 13.7. The molecule has 0 radical (unpaired) electrons. The maximum atomic E-state index is 13.7. The third-order valence-electron chi connectivity index (χ3n) is 24.5. The fraction of sp³-hybridized carbons (Fsp3) is 0.864. The van der Waals surface area contributed by atoms with Crippen molar-refractivity contribution in [3.8, 4) is 0 Å². The molecule has 0 amide bonds. The van der Waals surface area contributed by atoms with Gasteiger partial charge in [-0.25, -0.2) is 0 Å². The Bertz CT molecular complexity index is 2740. The van der Waals surface area contributed by atoms with Crippen molar-refractivity contribution in [1.29, 1.82) is 0 Å². The maximum Gasteiger partial charge on any atom is 0.303 e. The number of aliphatic hydroxyl groups is 6. The summed E-state index contributed by atoms with van der Waals surface area (Å²) in [5.41, 5.74) is -1.48. The standard InChI is InChI=1S/C30H50O8.C26H46O6.C24H42O7.CH4/c1-12-23(34-11)14-26-29(8,9)27(35-21(6)31)15-25(37-26)17(2)13-24(33)28(36-22(7)32)30(10)16-18(3)19(4)20(5)38-30;1-10-19(30-9)12-23-25(6,7)22(28)13-21(31-23)15(2)11-20(27)24(29)26(8)14-16(3)17(4)18(5)32-26;1-13(19-10-20(28)23(5,6)21(30-19)9-17(26)12-25)8-18(27)22(29)24(7)11-14(2)15(3)16(4)31-24;/h17,19-20,23,25-28H,3,12-16H2,1-2,4-11H3;15,17-19,21-24,28-29H,3,10-14H2,1-2,4-9H3;13,15-17,19-22,25-26,28-29H,2,8-12H2,1,3-7H3;1H4/t17-,19-,20-,23-,25+,26-,27?,28-,30-;15-,17-,18-,19-,21+,22-,23-,24-,26-;13-,15-,16-,17+,19+,20-,21-,22-,24-;/m111./s1. The summed E-state index contributed by atoms with van der Waals surface area (Å²) in [6.07, 6.45) is -2.04. The SMILES string of the molecule is C.C=C1C[C@](C)([C@H](O)C(=O)C[C@@H](C)[C@@H]2C[C@@H](O)C(C)(C)[C@@H](C[C@@H](CC)OC)O2)O[C@H](C)[C@@H]1C.C=C1C[C@](C)([C@H](O)C(=O)C[C@@H](C)[C@@H]2C[C@@H](O)C(C)(C)[C@@H](C[C@H](O)CO)O2)O[C@H](C)[C@@H]1C.C=C1C[C@](C)([C@H](OC(C)=O)C(=O)C[C@@H](C)[C@@H]2CC(OC(C)=O)C(C)(C)[C@@H](C[C@@H](CC)OC)O2)O[C@H](C)[C@@H]1C. The number of ketones is 3. The first-order chi connectivity index (χ1) is 46.5. The molecule has 0 spiro atoms. The molecule has 102 heavy (non-hydrogen) atoms. The van der Waals surface area contributed by atoms with Gasteiger partial charge in [0.25, 0.3) is 0 Å². The number of hydrogen-bond donors (Lipinski definition) is 6. The Balaban J connectivity index is 0.000000398. The zero-order valence-corrected chi connectivity index (χ0v) is 66.4. The van der Waals surface area contributed by atoms with E-state index in [9.17, 15) is 54.6 Å². The first-order valence-electron chi connectivity index (χ1n) is 37.6. The molecule has 6 N–H and O–H groups in total. The summed E-state index contributed by atoms with van der Waals surface area (Å²) in [7, 11) is 3.39. The van der Waals surface area contributed by atoms with E-state index in [4.69, 9.17) is 47.4 Å². The van der Waals surface area contributed by atoms with E-state index in [1.807, 2.05) is 104 Å². The highest BCUT2D eigenvalue weighted by atomic mass is 16.6. The number of aliphatic hydroxyl groups excluding tert-OH is 6. The molecule has 0 aliphatic carbocycles. The van der Waals surface area contributed by atoms with Crippen molar-refractivity contribution < 1.29 is 102 Å². The highest BCUT2D eigenvalue weighted by molar-refractivity contribution is 5.87. The van der Waals surface area contributed by atoms with Crippen molar-refractivity contribution in [1.82, 2.24) is 0 Å². The van der Waals surface area contributed by atoms with E-state index in [1.54, 1.807) is 28.1 Å². The van der Waals surface area contributed by atoms with E-state index in [0.717, 1.165) is 29.6 Å². The topological polar surface area (TPSA) is 299 Å². The molecular formula is C81H142O21. The van der Waals surface area contributed by atoms with Gasteiger partial charge in [-0.05, 0) is 72.1 Å². The summed E-state index contributed by atoms with van der Waals surface area (Å²) in [5.74, 6) is -1.76. The van der Waals surface area contributed by atoms with Crippen LogP contribution in [0.15, 0.2) is 36.5 Å². The lowest BCUT2D eigenvalue weighted by atomic mass is 9.72. The zero-order valence-electron chi connectivity index (χ0n) is 66.4. The number of ether oxygens (including phenoxy) is 10. The summed E-state index contributed by atoms with van der Waals surface area (Å²) in [6.45, 7) is 53.9. The van der Waals surface area contributed by atoms with Crippen LogP contribution < -0.4 is 0 Å². The molecule has 21 heteroatoms. The number of carbonyl (C=O) groups excluding carboxylic acids is 5. The minimum atomic E-state index is -1.28. The molecule has 592 valence electrons. The van der Waals surface area contributed by atoms with Gasteiger partial charge in [0.05, 0.1) is 92.1 Å². The van der Waals surface area contributed by atoms with Gasteiger partial charge in [-0.1, -0.05) is 141 Å². The Morgan fingerprint density at radius 2 is 0.833 bits per heavy atom. The average molecular weight is 1450 g/mol. The van der Waals surface area contributed by atoms with Crippen LogP contribution in [0.4, 0.5) is 0 Å². The summed E-state index contributed by atoms with van der Waals surface area (Å²) in [4.78, 5) is 63.7. The van der Waals surface area contributed by atoms with Gasteiger partial charge in [-0.3, -0.25) is 24.0 Å². The van der Waals surface area contributed by atoms with Crippen LogP contribution in [0, 0.1) is 51.8 Å². The van der Waals surface area contributed by atoms with Crippen molar-refractivity contribution >= 4 is 29.3 Å². The second kappa shape index (κ2) is 38.6. The van der Waals surface area contributed by atoms with E-state index < -0.39 is 87.8 Å². The molecule has 0 aromatic rings. The highest BCUT2D eigenvalue weighted by Gasteiger charge is 2.54. The Morgan fingerprint density at radius 3 is 1.16 bits per heavy atom. The van der Waals surface area contributed by atoms with Gasteiger partial charge in [0.1, 0.15) is 35.1 Å². The quantitative estimate of drug-likeness (QED) is 0.0313. The van der Waals surface area contributed by atoms with Gasteiger partial charge >= 0.3 is 11.9 Å². The lowest BCUT2D eigenvalue weighted by molar-refractivity contribution is -0.212. The van der Waals surface area contributed by atoms with Crippen LogP contribution in [-0.4, -0.2) is 207 Å². The fourth-order valence-corrected chi connectivity index (χ4v) is 15.8. The lowest BCUT2D eigenvalue weighted by Gasteiger charge is -2.49. The Hall–Kier alpha value is -3.39. The van der Waals surface area contributed by atoms with E-state index >= 15 is 0 Å². The number of Topliss-reactive ketones (excluding diaryl/α,β-unsaturated/α-hetero) is 3. The number of methoxy groups -OCH3 is 2. The van der Waals surface area contributed by atoms with E-state index in [2.05, 4.69) is 40.5 Å². The van der Waals surface area contributed by atoms with Crippen LogP contribution in [0.1, 0.15) is 250 Å². The minimum absolute atomic E-state index is 0. The fourth-order valence-electron chi connectivity index (χ4n) is 15.8. The van der Waals surface area contributed by atoms with Crippen molar-refractivity contribution in [2.24, 2.45) is 51.8 Å². The van der Waals surface area contributed by atoms with Crippen molar-refractivity contribution in [2.75, 3.05) is 20.8 Å². The molecule has 21 nitrogen and oxygen atoms in total. The second-order valence-corrected chi connectivity index (χ2v) is 33.9. The van der Waals surface area contributed by atoms with E-state index in [0.29, 0.717) is 51.4 Å². The molecule has 6 aliphatic heterocycles. The van der Waals surface area contributed by atoms with Crippen LogP contribution in [0.5, 0.6) is 0 Å². The summed E-state index contributed by atoms with van der Waals surface area (Å²) in [5, 5.41) is 62.4. The van der Waals surface area contributed by atoms with Crippen LogP contribution >= 0.6 is 0 Å². The molecule has 1 unspecified atom stereocenters. The van der Waals surface area contributed by atoms with Crippen molar-refractivity contribution in [3.63, 3.8) is 0 Å². The average Bonchev–Trinajstić information content (AvgIpc) is 0.785. The van der Waals surface area contributed by atoms with Gasteiger partial charge in [0, 0.05) is 139 Å². The molecule has 6 aliphatic rings. The molecule has 6 saturated heterocycles. The van der Waals surface area contributed by atoms with Gasteiger partial charge in [-0.2, -0.15) is 0 Å². The normalized spacial score (nSPS) is 36.4. The summed E-state index contributed by atoms with van der Waals surface area (Å²) >= 11 is 0. The number of rotatable bonds is 28. The summed E-state index contributed by atoms with van der Waals surface area (Å²) < 4.78 is 60.2. The Kier molecular flexibility index (Phi) is 35.1. The van der Waals surface area contributed by atoms with Gasteiger partial charge in [0.2, 0.25) is 0 Å². The van der Waals surface area contributed by atoms with Crippen LogP contribution in [0.25, 0.3) is 0 Å². The van der Waals surface area contributed by atoms with Gasteiger partial charge in [0.15, 0.2) is 23.5 Å². The highest BCUT2D eigenvalue weighted by Crippen LogP contribution is 2.48. The molecule has 6 heterocycles. The molecule has 27 atom stereocenters. The zero-order chi connectivity index (χ0) is 77.2. The van der Waals surface area contributed by atoms with Crippen LogP contribution in [0.2, 0.25) is 0 Å². The predicted molar refractivity (Wildman–Crippen MR) is 394 cm³/mol. The van der Waals surface area contributed by atoms with E-state index in [1.165, 1.54) is 13.8 Å². The molecule has 0 bridgehead atoms. The lowest BCUT2D eigenvalue weighted by Crippen LogP contribution is -2.56. The molecular weight excluding hydrogens is 1310 g/mol. The Morgan fingerprint density at radius 1 is 0.510 bits per heavy atom. The number of esters is 2. The van der Waals surface area contributed by atoms with Crippen LogP contribution in [-0.2, 0) is 71.3 Å². The molecule has 0 saturated carbocycles. The largest absolute Gasteiger partial charge is 0.462 e. The Labute approximate surface area is 614 Å². The molecule has 0 aromatic heterocycles. The molecule has 6 rings (SSSR count). The third-order valence-corrected chi connectivity index (χ3v) is 24.5. The third kappa shape index (κ3) is 23.3. The number of hydrogen-bond acceptors (Lipinski definition) is 21. The first-order valence-corrected chi connectivity index (χ1v) is 37.6. The smallest absolute Gasteiger partial charge is 0.303 e. The van der Waals surface area contributed by atoms with Crippen molar-refractivity contribution in [3.05, 3.63) is 36.5 Å². The number of carbonyl (C=O) groups is 5. The molecule has 0 aromatic carbocycles. The first kappa shape index (κ1) is 92.8. The monoisotopic (exact) mass is 1450 g/mol. The molecule has 6 fully saturated rings. The minimum Gasteiger partial charge on any atom is -0.462 e. The van der Waals surface area contributed by atoms with Crippen LogP contribution in [0.3, 0.4) is 0 Å². The van der Waals surface area contributed by atoms with Gasteiger partial charge in [-0.15, -0.1) is 0 Å². The predicted octanol–water partition coefficient (Wildman–Crippen LogP) is 11.9.